The maximum Gasteiger partial charge on any atom is 0.263 e. The van der Waals surface area contributed by atoms with E-state index in [-0.39, 0.29) is 5.91 Å². The van der Waals surface area contributed by atoms with Crippen LogP contribution in [0, 0.1) is 6.92 Å². The van der Waals surface area contributed by atoms with Crippen LogP contribution in [0.15, 0.2) is 48.5 Å². The van der Waals surface area contributed by atoms with E-state index in [1.807, 2.05) is 37.3 Å². The predicted octanol–water partition coefficient (Wildman–Crippen LogP) is 4.65. The Morgan fingerprint density at radius 2 is 1.80 bits per heavy atom. The fraction of sp³-hybridized carbons (Fsp3) is 0.333. The van der Waals surface area contributed by atoms with Crippen molar-refractivity contribution < 1.29 is 9.53 Å². The number of nitrogens with zero attached hydrogens (tertiary/aromatic N) is 2. The van der Waals surface area contributed by atoms with Crippen molar-refractivity contribution in [2.75, 3.05) is 20.2 Å². The molecule has 0 unspecified atom stereocenters. The molecule has 0 aliphatic carbocycles. The summed E-state index contributed by atoms with van der Waals surface area (Å²) < 4.78 is 5.21. The summed E-state index contributed by atoms with van der Waals surface area (Å²) in [6, 6.07) is 16.1. The molecule has 1 aromatic heterocycles. The minimum absolute atomic E-state index is 0.0688. The molecule has 2 aromatic carbocycles. The van der Waals surface area contributed by atoms with Gasteiger partial charge in [-0.3, -0.25) is 9.69 Å². The van der Waals surface area contributed by atoms with E-state index in [9.17, 15) is 4.79 Å². The van der Waals surface area contributed by atoms with Crippen LogP contribution in [0.3, 0.4) is 0 Å². The third-order valence-corrected chi connectivity index (χ3v) is 6.70. The first kappa shape index (κ1) is 20.6. The molecular weight excluding hydrogens is 394 g/mol. The number of methoxy groups -OCH3 is 1. The maximum absolute atomic E-state index is 12.9. The highest BCUT2D eigenvalue weighted by Gasteiger charge is 2.17. The molecule has 4 rings (SSSR count). The van der Waals surface area contributed by atoms with E-state index in [1.165, 1.54) is 35.3 Å². The number of likely N-dealkylation sites (tertiary alicyclic amines) is 1. The standard InChI is InChI=1S/C24H27N3O2S/c1-17-22(30-24(26-17)18-9-11-21(29-2)12-10-18)23(28)25-15-19-7-3-4-8-20(19)16-27-13-5-6-14-27/h3-4,7-12H,5-6,13-16H2,1-2H3,(H,25,28). The fourth-order valence-electron chi connectivity index (χ4n) is 3.79. The van der Waals surface area contributed by atoms with Crippen LogP contribution in [-0.2, 0) is 13.1 Å². The summed E-state index contributed by atoms with van der Waals surface area (Å²) in [6.45, 7) is 5.69. The van der Waals surface area contributed by atoms with Crippen molar-refractivity contribution in [2.24, 2.45) is 0 Å². The van der Waals surface area contributed by atoms with Crippen molar-refractivity contribution in [1.29, 1.82) is 0 Å². The van der Waals surface area contributed by atoms with Crippen molar-refractivity contribution in [2.45, 2.75) is 32.9 Å². The lowest BCUT2D eigenvalue weighted by molar-refractivity contribution is 0.0954. The van der Waals surface area contributed by atoms with Gasteiger partial charge in [0.05, 0.1) is 12.8 Å². The van der Waals surface area contributed by atoms with Gasteiger partial charge in [-0.05, 0) is 68.2 Å². The molecule has 3 aromatic rings. The van der Waals surface area contributed by atoms with Gasteiger partial charge in [0.15, 0.2) is 0 Å². The zero-order chi connectivity index (χ0) is 20.9. The van der Waals surface area contributed by atoms with E-state index in [1.54, 1.807) is 7.11 Å². The zero-order valence-corrected chi connectivity index (χ0v) is 18.3. The predicted molar refractivity (Wildman–Crippen MR) is 121 cm³/mol. The molecule has 1 aliphatic heterocycles. The quantitative estimate of drug-likeness (QED) is 0.603. The largest absolute Gasteiger partial charge is 0.497 e. The van der Waals surface area contributed by atoms with Crippen molar-refractivity contribution in [3.63, 3.8) is 0 Å². The number of amides is 1. The second kappa shape index (κ2) is 9.41. The molecule has 0 radical (unpaired) electrons. The van der Waals surface area contributed by atoms with Crippen molar-refractivity contribution in [1.82, 2.24) is 15.2 Å². The van der Waals surface area contributed by atoms with Gasteiger partial charge in [-0.15, -0.1) is 11.3 Å². The normalized spacial score (nSPS) is 14.1. The molecule has 0 bridgehead atoms. The number of aromatic nitrogens is 1. The Morgan fingerprint density at radius 3 is 2.50 bits per heavy atom. The molecule has 0 saturated carbocycles. The molecule has 156 valence electrons. The summed E-state index contributed by atoms with van der Waals surface area (Å²) in [7, 11) is 1.65. The molecule has 1 N–H and O–H groups in total. The maximum atomic E-state index is 12.9. The van der Waals surface area contributed by atoms with E-state index in [2.05, 4.69) is 33.4 Å². The first-order valence-corrected chi connectivity index (χ1v) is 11.1. The van der Waals surface area contributed by atoms with E-state index in [4.69, 9.17) is 4.74 Å². The number of benzene rings is 2. The summed E-state index contributed by atoms with van der Waals surface area (Å²) >= 11 is 1.43. The minimum atomic E-state index is -0.0688. The first-order valence-electron chi connectivity index (χ1n) is 10.3. The van der Waals surface area contributed by atoms with Crippen LogP contribution < -0.4 is 10.1 Å². The highest BCUT2D eigenvalue weighted by Crippen LogP contribution is 2.29. The monoisotopic (exact) mass is 421 g/mol. The molecule has 6 heteroatoms. The number of hydrogen-bond acceptors (Lipinski definition) is 5. The smallest absolute Gasteiger partial charge is 0.263 e. The summed E-state index contributed by atoms with van der Waals surface area (Å²) in [5, 5.41) is 3.94. The molecular formula is C24H27N3O2S. The Morgan fingerprint density at radius 1 is 1.10 bits per heavy atom. The summed E-state index contributed by atoms with van der Waals surface area (Å²) in [5.41, 5.74) is 4.21. The summed E-state index contributed by atoms with van der Waals surface area (Å²) in [6.07, 6.45) is 2.56. The Balaban J connectivity index is 1.44. The molecule has 1 fully saturated rings. The Hall–Kier alpha value is -2.70. The lowest BCUT2D eigenvalue weighted by atomic mass is 10.1. The number of carbonyl (C=O) groups is 1. The van der Waals surface area contributed by atoms with Crippen molar-refractivity contribution in [3.8, 4) is 16.3 Å². The topological polar surface area (TPSA) is 54.5 Å². The lowest BCUT2D eigenvalue weighted by Crippen LogP contribution is -2.24. The van der Waals surface area contributed by atoms with Gasteiger partial charge in [0.25, 0.3) is 5.91 Å². The third-order valence-electron chi connectivity index (χ3n) is 5.49. The average Bonchev–Trinajstić information content (AvgIpc) is 3.42. The highest BCUT2D eigenvalue weighted by molar-refractivity contribution is 7.17. The molecule has 2 heterocycles. The first-order chi connectivity index (χ1) is 14.6. The van der Waals surface area contributed by atoms with E-state index < -0.39 is 0 Å². The van der Waals surface area contributed by atoms with Crippen LogP contribution in [0.5, 0.6) is 5.75 Å². The fourth-order valence-corrected chi connectivity index (χ4v) is 4.77. The van der Waals surface area contributed by atoms with Gasteiger partial charge in [0.2, 0.25) is 0 Å². The van der Waals surface area contributed by atoms with Crippen LogP contribution in [0.4, 0.5) is 0 Å². The van der Waals surface area contributed by atoms with E-state index >= 15 is 0 Å². The summed E-state index contributed by atoms with van der Waals surface area (Å²) in [4.78, 5) is 20.6. The lowest BCUT2D eigenvalue weighted by Gasteiger charge is -2.17. The minimum Gasteiger partial charge on any atom is -0.497 e. The van der Waals surface area contributed by atoms with Crippen LogP contribution in [-0.4, -0.2) is 36.0 Å². The van der Waals surface area contributed by atoms with Crippen molar-refractivity contribution >= 4 is 17.2 Å². The Labute approximate surface area is 181 Å². The van der Waals surface area contributed by atoms with Gasteiger partial charge in [0.1, 0.15) is 15.6 Å². The number of aryl methyl sites for hydroxylation is 1. The number of nitrogens with one attached hydrogen (secondary N) is 1. The molecule has 1 saturated heterocycles. The van der Waals surface area contributed by atoms with Crippen molar-refractivity contribution in [3.05, 3.63) is 70.2 Å². The second-order valence-electron chi connectivity index (χ2n) is 7.60. The zero-order valence-electron chi connectivity index (χ0n) is 17.5. The van der Waals surface area contributed by atoms with Gasteiger partial charge in [-0.25, -0.2) is 4.98 Å². The number of thiazole rings is 1. The molecule has 1 aliphatic rings. The van der Waals surface area contributed by atoms with Gasteiger partial charge in [0, 0.05) is 18.7 Å². The van der Waals surface area contributed by atoms with Crippen LogP contribution in [0.1, 0.15) is 39.3 Å². The van der Waals surface area contributed by atoms with Crippen LogP contribution in [0.25, 0.3) is 10.6 Å². The molecule has 30 heavy (non-hydrogen) atoms. The van der Waals surface area contributed by atoms with Gasteiger partial charge in [-0.2, -0.15) is 0 Å². The average molecular weight is 422 g/mol. The molecule has 0 atom stereocenters. The SMILES string of the molecule is COc1ccc(-c2nc(C)c(C(=O)NCc3ccccc3CN3CCCC3)s2)cc1. The Kier molecular flexibility index (Phi) is 6.45. The van der Waals surface area contributed by atoms with Gasteiger partial charge in [-0.1, -0.05) is 24.3 Å². The third kappa shape index (κ3) is 4.71. The number of ether oxygens (including phenoxy) is 1. The number of rotatable bonds is 7. The Bertz CT molecular complexity index is 1010. The second-order valence-corrected chi connectivity index (χ2v) is 8.60. The van der Waals surface area contributed by atoms with Crippen LogP contribution >= 0.6 is 11.3 Å². The van der Waals surface area contributed by atoms with E-state index in [0.717, 1.165) is 41.6 Å². The van der Waals surface area contributed by atoms with Crippen LogP contribution in [0.2, 0.25) is 0 Å². The van der Waals surface area contributed by atoms with E-state index in [0.29, 0.717) is 11.4 Å². The molecule has 1 amide bonds. The number of carbonyl (C=O) groups excluding carboxylic acids is 1. The summed E-state index contributed by atoms with van der Waals surface area (Å²) in [5.74, 6) is 0.735. The highest BCUT2D eigenvalue weighted by atomic mass is 32.1. The molecule has 5 nitrogen and oxygen atoms in total. The van der Waals surface area contributed by atoms with Gasteiger partial charge < -0.3 is 10.1 Å². The number of hydrogen-bond donors (Lipinski definition) is 1. The van der Waals surface area contributed by atoms with Gasteiger partial charge >= 0.3 is 0 Å². The molecule has 0 spiro atoms.